The molecule has 0 saturated carbocycles. The van der Waals surface area contributed by atoms with E-state index in [0.29, 0.717) is 38.5 Å². The van der Waals surface area contributed by atoms with Crippen molar-refractivity contribution < 1.29 is 28.9 Å². The van der Waals surface area contributed by atoms with Crippen molar-refractivity contribution in [1.29, 1.82) is 0 Å². The van der Waals surface area contributed by atoms with Crippen LogP contribution in [0.2, 0.25) is 0 Å². The van der Waals surface area contributed by atoms with Gasteiger partial charge in [-0.05, 0) is 45.4 Å². The van der Waals surface area contributed by atoms with E-state index in [0.717, 1.165) is 11.1 Å². The highest BCUT2D eigenvalue weighted by Crippen LogP contribution is 2.33. The maximum Gasteiger partial charge on any atom is 0.341 e. The van der Waals surface area contributed by atoms with E-state index in [4.69, 9.17) is 19.3 Å². The van der Waals surface area contributed by atoms with E-state index in [-0.39, 0.29) is 17.9 Å². The number of fused-ring (bicyclic) bond motifs is 1. The summed E-state index contributed by atoms with van der Waals surface area (Å²) in [5.41, 5.74) is 2.71. The zero-order valence-corrected chi connectivity index (χ0v) is 22.3. The van der Waals surface area contributed by atoms with Crippen LogP contribution in [0.4, 0.5) is 0 Å². The minimum atomic E-state index is -1.14. The van der Waals surface area contributed by atoms with Crippen molar-refractivity contribution in [2.75, 3.05) is 19.8 Å². The van der Waals surface area contributed by atoms with Gasteiger partial charge in [-0.25, -0.2) is 14.6 Å². The van der Waals surface area contributed by atoms with E-state index in [1.54, 1.807) is 45.0 Å². The van der Waals surface area contributed by atoms with Crippen molar-refractivity contribution in [3.63, 3.8) is 0 Å². The van der Waals surface area contributed by atoms with Crippen LogP contribution in [-0.4, -0.2) is 41.4 Å². The zero-order valence-electron chi connectivity index (χ0n) is 21.5. The molecule has 0 fully saturated rings. The Labute approximate surface area is 222 Å². The normalized spacial score (nSPS) is 15.1. The number of aliphatic carboxylic acids is 1. The van der Waals surface area contributed by atoms with Crippen LogP contribution >= 0.6 is 11.3 Å². The van der Waals surface area contributed by atoms with Gasteiger partial charge >= 0.3 is 11.9 Å². The van der Waals surface area contributed by atoms with Gasteiger partial charge < -0.3 is 19.3 Å². The third-order valence-corrected chi connectivity index (χ3v) is 6.83. The highest BCUT2D eigenvalue weighted by Gasteiger charge is 2.33. The van der Waals surface area contributed by atoms with Gasteiger partial charge in [0.15, 0.2) is 22.9 Å². The second kappa shape index (κ2) is 11.5. The Kier molecular flexibility index (Phi) is 8.11. The topological polar surface area (TPSA) is 116 Å². The number of aromatic nitrogens is 1. The Balaban J connectivity index is 1.93. The van der Waals surface area contributed by atoms with Crippen molar-refractivity contribution in [2.24, 2.45) is 4.99 Å². The molecule has 2 heterocycles. The number of thiazole rings is 1. The molecule has 198 valence electrons. The molecule has 38 heavy (non-hydrogen) atoms. The number of nitrogens with zero attached hydrogens (tertiary/aromatic N) is 2. The lowest BCUT2D eigenvalue weighted by Gasteiger charge is -2.24. The first-order valence-corrected chi connectivity index (χ1v) is 12.9. The number of hydrogen-bond acceptors (Lipinski definition) is 8. The zero-order chi connectivity index (χ0) is 27.4. The fraction of sp³-hybridized carbons (Fsp3) is 0.286. The summed E-state index contributed by atoms with van der Waals surface area (Å²) < 4.78 is 18.3. The summed E-state index contributed by atoms with van der Waals surface area (Å²) in [5.74, 6) is -1.07. The van der Waals surface area contributed by atoms with Crippen molar-refractivity contribution >= 4 is 29.4 Å². The molecular weight excluding hydrogens is 508 g/mol. The number of allylic oxidation sites excluding steroid dienone is 1. The number of aryl methyl sites for hydroxylation is 1. The van der Waals surface area contributed by atoms with E-state index < -0.39 is 24.6 Å². The Bertz CT molecular complexity index is 1580. The quantitative estimate of drug-likeness (QED) is 0.418. The van der Waals surface area contributed by atoms with Crippen LogP contribution in [0.5, 0.6) is 11.5 Å². The van der Waals surface area contributed by atoms with E-state index in [1.165, 1.54) is 15.9 Å². The van der Waals surface area contributed by atoms with Gasteiger partial charge in [-0.2, -0.15) is 0 Å². The monoisotopic (exact) mass is 536 g/mol. The van der Waals surface area contributed by atoms with Crippen LogP contribution in [0.25, 0.3) is 6.08 Å². The Morgan fingerprint density at radius 3 is 2.47 bits per heavy atom. The number of rotatable bonds is 9. The predicted molar refractivity (Wildman–Crippen MR) is 142 cm³/mol. The number of carbonyl (C=O) groups excluding carboxylic acids is 1. The van der Waals surface area contributed by atoms with Gasteiger partial charge in [0.2, 0.25) is 0 Å². The lowest BCUT2D eigenvalue weighted by molar-refractivity contribution is -0.140. The second-order valence-corrected chi connectivity index (χ2v) is 9.51. The lowest BCUT2D eigenvalue weighted by atomic mass is 9.95. The van der Waals surface area contributed by atoms with Gasteiger partial charge in [0.25, 0.3) is 5.56 Å². The molecule has 1 aliphatic heterocycles. The molecule has 9 nitrogen and oxygen atoms in total. The molecule has 1 N–H and O–H groups in total. The summed E-state index contributed by atoms with van der Waals surface area (Å²) in [4.78, 5) is 43.0. The maximum absolute atomic E-state index is 13.8. The molecule has 0 amide bonds. The van der Waals surface area contributed by atoms with Gasteiger partial charge in [-0.15, -0.1) is 0 Å². The highest BCUT2D eigenvalue weighted by atomic mass is 32.1. The number of ether oxygens (including phenoxy) is 3. The minimum Gasteiger partial charge on any atom is -0.490 e. The molecule has 1 atom stereocenters. The predicted octanol–water partition coefficient (Wildman–Crippen LogP) is 2.97. The van der Waals surface area contributed by atoms with Gasteiger partial charge in [-0.1, -0.05) is 53.3 Å². The number of para-hydroxylation sites is 1. The smallest absolute Gasteiger partial charge is 0.341 e. The van der Waals surface area contributed by atoms with Crippen LogP contribution in [0, 0.1) is 6.92 Å². The number of benzene rings is 2. The number of carboxylic acids is 1. The van der Waals surface area contributed by atoms with Crippen LogP contribution < -0.4 is 24.4 Å². The van der Waals surface area contributed by atoms with E-state index in [2.05, 4.69) is 4.99 Å². The average Bonchev–Trinajstić information content (AvgIpc) is 3.17. The number of esters is 1. The molecule has 0 radical (unpaired) electrons. The molecule has 4 rings (SSSR count). The average molecular weight is 537 g/mol. The molecule has 0 aliphatic carbocycles. The molecule has 10 heteroatoms. The fourth-order valence-electron chi connectivity index (χ4n) is 4.20. The summed E-state index contributed by atoms with van der Waals surface area (Å²) in [7, 11) is 0. The second-order valence-electron chi connectivity index (χ2n) is 8.50. The largest absolute Gasteiger partial charge is 0.490 e. The maximum atomic E-state index is 13.8. The van der Waals surface area contributed by atoms with Crippen LogP contribution in [0.15, 0.2) is 63.5 Å². The Morgan fingerprint density at radius 1 is 1.08 bits per heavy atom. The summed E-state index contributed by atoms with van der Waals surface area (Å²) in [6.07, 6.45) is 1.62. The van der Waals surface area contributed by atoms with E-state index in [1.807, 2.05) is 31.2 Å². The third-order valence-electron chi connectivity index (χ3n) is 5.85. The SMILES string of the molecule is CCOC(=O)C1=C(C)N=c2s/c(=C/c3cccc(OCC)c3OCC(=O)O)c(=O)n2[C@@H]1c1ccc(C)cc1. The molecule has 0 unspecified atom stereocenters. The first-order valence-electron chi connectivity index (χ1n) is 12.1. The summed E-state index contributed by atoms with van der Waals surface area (Å²) >= 11 is 1.17. The number of carbonyl (C=O) groups is 2. The van der Waals surface area contributed by atoms with Gasteiger partial charge in [-0.3, -0.25) is 9.36 Å². The van der Waals surface area contributed by atoms with Crippen molar-refractivity contribution in [1.82, 2.24) is 4.57 Å². The fourth-order valence-corrected chi connectivity index (χ4v) is 5.24. The summed E-state index contributed by atoms with van der Waals surface area (Å²) in [6, 6.07) is 12.0. The van der Waals surface area contributed by atoms with E-state index >= 15 is 0 Å². The molecule has 1 aromatic heterocycles. The summed E-state index contributed by atoms with van der Waals surface area (Å²) in [5, 5.41) is 9.14. The third kappa shape index (κ3) is 5.40. The molecular formula is C28H28N2O7S. The van der Waals surface area contributed by atoms with Crippen molar-refractivity contribution in [3.05, 3.63) is 90.1 Å². The number of carboxylic acid groups (broad SMARTS) is 1. The Hall–Kier alpha value is -4.18. The van der Waals surface area contributed by atoms with E-state index in [9.17, 15) is 14.4 Å². The van der Waals surface area contributed by atoms with Crippen molar-refractivity contribution in [3.8, 4) is 11.5 Å². The number of hydrogen-bond donors (Lipinski definition) is 1. The van der Waals surface area contributed by atoms with Gasteiger partial charge in [0, 0.05) is 5.56 Å². The highest BCUT2D eigenvalue weighted by molar-refractivity contribution is 7.07. The first kappa shape index (κ1) is 26.9. The molecule has 1 aliphatic rings. The van der Waals surface area contributed by atoms with Gasteiger partial charge in [0.05, 0.1) is 35.1 Å². The Morgan fingerprint density at radius 2 is 1.82 bits per heavy atom. The van der Waals surface area contributed by atoms with Crippen LogP contribution in [-0.2, 0) is 14.3 Å². The van der Waals surface area contributed by atoms with Crippen molar-refractivity contribution in [2.45, 2.75) is 33.7 Å². The lowest BCUT2D eigenvalue weighted by Crippen LogP contribution is -2.39. The van der Waals surface area contributed by atoms with Crippen LogP contribution in [0.3, 0.4) is 0 Å². The summed E-state index contributed by atoms with van der Waals surface area (Å²) in [6.45, 7) is 7.20. The molecule has 0 saturated heterocycles. The standard InChI is InChI=1S/C28H28N2O7S/c1-5-35-20-9-7-8-19(25(20)37-15-22(31)32)14-21-26(33)30-24(18-12-10-16(3)11-13-18)23(27(34)36-6-2)17(4)29-28(30)38-21/h7-14,24H,5-6,15H2,1-4H3,(H,31,32)/b21-14+/t24-/m1/s1. The molecule has 0 spiro atoms. The molecule has 2 aromatic carbocycles. The van der Waals surface area contributed by atoms with Gasteiger partial charge in [0.1, 0.15) is 0 Å². The molecule has 3 aromatic rings. The van der Waals surface area contributed by atoms with Crippen LogP contribution in [0.1, 0.15) is 43.5 Å². The minimum absolute atomic E-state index is 0.190. The molecule has 0 bridgehead atoms. The first-order chi connectivity index (χ1) is 18.2.